The first-order valence-corrected chi connectivity index (χ1v) is 6.62. The van der Waals surface area contributed by atoms with Crippen molar-refractivity contribution in [2.24, 2.45) is 5.92 Å². The number of carboxylic acid groups (broad SMARTS) is 1. The second-order valence-corrected chi connectivity index (χ2v) is 4.97. The average Bonchev–Trinajstić information content (AvgIpc) is 2.92. The van der Waals surface area contributed by atoms with Gasteiger partial charge in [0, 0.05) is 5.56 Å². The fourth-order valence-corrected chi connectivity index (χ4v) is 2.96. The number of methoxy groups -OCH3 is 2. The van der Waals surface area contributed by atoms with Crippen LogP contribution in [0.25, 0.3) is 0 Å². The van der Waals surface area contributed by atoms with Gasteiger partial charge in [0.1, 0.15) is 11.5 Å². The number of hydrogen-bond acceptors (Lipinski definition) is 3. The maximum atomic E-state index is 11.7. The minimum absolute atomic E-state index is 0.193. The third-order valence-electron chi connectivity index (χ3n) is 3.91. The fourth-order valence-electron chi connectivity index (χ4n) is 2.96. The van der Waals surface area contributed by atoms with E-state index in [-0.39, 0.29) is 5.92 Å². The Balaban J connectivity index is 2.41. The molecule has 4 heteroatoms. The predicted molar refractivity (Wildman–Crippen MR) is 71.9 cm³/mol. The standard InChI is InChI=1S/C15H20O4/c1-18-11-7-8-13(19-2)12(9-11)14(15(16)17)10-5-3-4-6-10/h7-10,14H,3-6H2,1-2H3,(H,16,17). The number of carboxylic acids is 1. The third-order valence-corrected chi connectivity index (χ3v) is 3.91. The summed E-state index contributed by atoms with van der Waals surface area (Å²) < 4.78 is 10.5. The van der Waals surface area contributed by atoms with Crippen molar-refractivity contribution in [1.29, 1.82) is 0 Å². The van der Waals surface area contributed by atoms with Crippen molar-refractivity contribution in [2.75, 3.05) is 14.2 Å². The monoisotopic (exact) mass is 264 g/mol. The maximum Gasteiger partial charge on any atom is 0.311 e. The molecule has 19 heavy (non-hydrogen) atoms. The number of ether oxygens (including phenoxy) is 2. The summed E-state index contributed by atoms with van der Waals surface area (Å²) in [5.74, 6) is 0.199. The zero-order chi connectivity index (χ0) is 13.8. The lowest BCUT2D eigenvalue weighted by molar-refractivity contribution is -0.140. The lowest BCUT2D eigenvalue weighted by Gasteiger charge is -2.22. The SMILES string of the molecule is COc1ccc(OC)c(C(C(=O)O)C2CCCC2)c1. The summed E-state index contributed by atoms with van der Waals surface area (Å²) in [5, 5.41) is 9.57. The molecule has 0 saturated heterocycles. The van der Waals surface area contributed by atoms with Crippen molar-refractivity contribution in [3.05, 3.63) is 23.8 Å². The van der Waals surface area contributed by atoms with Gasteiger partial charge in [0.05, 0.1) is 20.1 Å². The van der Waals surface area contributed by atoms with Gasteiger partial charge in [0.25, 0.3) is 0 Å². The molecular weight excluding hydrogens is 244 g/mol. The summed E-state index contributed by atoms with van der Waals surface area (Å²) in [6.45, 7) is 0. The van der Waals surface area contributed by atoms with E-state index in [4.69, 9.17) is 9.47 Å². The topological polar surface area (TPSA) is 55.8 Å². The van der Waals surface area contributed by atoms with Crippen molar-refractivity contribution in [2.45, 2.75) is 31.6 Å². The normalized spacial score (nSPS) is 17.2. The van der Waals surface area contributed by atoms with Gasteiger partial charge >= 0.3 is 5.97 Å². The van der Waals surface area contributed by atoms with E-state index in [1.54, 1.807) is 32.4 Å². The van der Waals surface area contributed by atoms with Gasteiger partial charge in [-0.25, -0.2) is 0 Å². The second-order valence-electron chi connectivity index (χ2n) is 4.97. The van der Waals surface area contributed by atoms with Gasteiger partial charge in [-0.1, -0.05) is 12.8 Å². The van der Waals surface area contributed by atoms with Crippen LogP contribution >= 0.6 is 0 Å². The first kappa shape index (κ1) is 13.7. The van der Waals surface area contributed by atoms with E-state index in [9.17, 15) is 9.90 Å². The number of benzene rings is 1. The molecule has 0 spiro atoms. The molecule has 1 atom stereocenters. The molecule has 0 bridgehead atoms. The summed E-state index contributed by atoms with van der Waals surface area (Å²) in [4.78, 5) is 11.7. The van der Waals surface area contributed by atoms with E-state index in [1.807, 2.05) is 0 Å². The molecule has 1 fully saturated rings. The highest BCUT2D eigenvalue weighted by atomic mass is 16.5. The fraction of sp³-hybridized carbons (Fsp3) is 0.533. The molecule has 0 aliphatic heterocycles. The Morgan fingerprint density at radius 1 is 1.26 bits per heavy atom. The Labute approximate surface area is 113 Å². The zero-order valence-electron chi connectivity index (χ0n) is 11.4. The van der Waals surface area contributed by atoms with E-state index >= 15 is 0 Å². The minimum atomic E-state index is -0.779. The van der Waals surface area contributed by atoms with Crippen LogP contribution in [0.15, 0.2) is 18.2 Å². The van der Waals surface area contributed by atoms with Crippen LogP contribution in [-0.2, 0) is 4.79 Å². The first-order valence-electron chi connectivity index (χ1n) is 6.62. The quantitative estimate of drug-likeness (QED) is 0.888. The molecule has 1 unspecified atom stereocenters. The first-order chi connectivity index (χ1) is 9.17. The highest BCUT2D eigenvalue weighted by Crippen LogP contribution is 2.41. The van der Waals surface area contributed by atoms with Crippen LogP contribution in [0.5, 0.6) is 11.5 Å². The molecule has 1 aromatic rings. The summed E-state index contributed by atoms with van der Waals surface area (Å²) in [6, 6.07) is 5.35. The van der Waals surface area contributed by atoms with Crippen molar-refractivity contribution in [3.63, 3.8) is 0 Å². The van der Waals surface area contributed by atoms with Gasteiger partial charge in [-0.15, -0.1) is 0 Å². The minimum Gasteiger partial charge on any atom is -0.497 e. The Kier molecular flexibility index (Phi) is 4.30. The number of rotatable bonds is 5. The van der Waals surface area contributed by atoms with E-state index in [2.05, 4.69) is 0 Å². The summed E-state index contributed by atoms with van der Waals surface area (Å²) in [7, 11) is 3.15. The van der Waals surface area contributed by atoms with Crippen molar-refractivity contribution < 1.29 is 19.4 Å². The maximum absolute atomic E-state index is 11.7. The van der Waals surface area contributed by atoms with Crippen LogP contribution in [0.2, 0.25) is 0 Å². The van der Waals surface area contributed by atoms with Crippen molar-refractivity contribution in [1.82, 2.24) is 0 Å². The second kappa shape index (κ2) is 5.95. The van der Waals surface area contributed by atoms with Gasteiger partial charge in [0.15, 0.2) is 0 Å². The highest BCUT2D eigenvalue weighted by Gasteiger charge is 2.34. The summed E-state index contributed by atoms with van der Waals surface area (Å²) >= 11 is 0. The predicted octanol–water partition coefficient (Wildman–Crippen LogP) is 3.06. The molecule has 0 amide bonds. The molecule has 2 rings (SSSR count). The van der Waals surface area contributed by atoms with Gasteiger partial charge in [-0.3, -0.25) is 4.79 Å². The molecule has 1 aliphatic carbocycles. The number of carbonyl (C=O) groups is 1. The molecule has 0 heterocycles. The lowest BCUT2D eigenvalue weighted by atomic mass is 9.84. The molecule has 1 saturated carbocycles. The molecule has 104 valence electrons. The number of aliphatic carboxylic acids is 1. The molecule has 4 nitrogen and oxygen atoms in total. The molecule has 1 aliphatic rings. The smallest absolute Gasteiger partial charge is 0.311 e. The lowest BCUT2D eigenvalue weighted by Crippen LogP contribution is -2.20. The van der Waals surface area contributed by atoms with Crippen molar-refractivity contribution in [3.8, 4) is 11.5 Å². The molecule has 1 aromatic carbocycles. The average molecular weight is 264 g/mol. The van der Waals surface area contributed by atoms with Gasteiger partial charge in [0.2, 0.25) is 0 Å². The highest BCUT2D eigenvalue weighted by molar-refractivity contribution is 5.78. The molecular formula is C15H20O4. The van der Waals surface area contributed by atoms with Crippen LogP contribution in [0, 0.1) is 5.92 Å². The van der Waals surface area contributed by atoms with Crippen LogP contribution in [-0.4, -0.2) is 25.3 Å². The number of hydrogen-bond donors (Lipinski definition) is 1. The van der Waals surface area contributed by atoms with E-state index in [0.717, 1.165) is 31.2 Å². The van der Waals surface area contributed by atoms with E-state index in [1.165, 1.54) is 0 Å². The van der Waals surface area contributed by atoms with Gasteiger partial charge in [-0.2, -0.15) is 0 Å². The summed E-state index contributed by atoms with van der Waals surface area (Å²) in [6.07, 6.45) is 4.16. The molecule has 0 aromatic heterocycles. The Hall–Kier alpha value is -1.71. The third kappa shape index (κ3) is 2.83. The Bertz CT molecular complexity index is 449. The van der Waals surface area contributed by atoms with Crippen LogP contribution in [0.1, 0.15) is 37.2 Å². The summed E-state index contributed by atoms with van der Waals surface area (Å²) in [5.41, 5.74) is 0.723. The zero-order valence-corrected chi connectivity index (χ0v) is 11.4. The van der Waals surface area contributed by atoms with Crippen molar-refractivity contribution >= 4 is 5.97 Å². The van der Waals surface area contributed by atoms with Crippen LogP contribution < -0.4 is 9.47 Å². The van der Waals surface area contributed by atoms with Crippen LogP contribution in [0.3, 0.4) is 0 Å². The van der Waals surface area contributed by atoms with E-state index < -0.39 is 11.9 Å². The largest absolute Gasteiger partial charge is 0.497 e. The molecule has 1 N–H and O–H groups in total. The van der Waals surface area contributed by atoms with Crippen LogP contribution in [0.4, 0.5) is 0 Å². The van der Waals surface area contributed by atoms with Gasteiger partial charge < -0.3 is 14.6 Å². The Morgan fingerprint density at radius 2 is 1.95 bits per heavy atom. The van der Waals surface area contributed by atoms with E-state index in [0.29, 0.717) is 11.5 Å². The van der Waals surface area contributed by atoms with Gasteiger partial charge in [-0.05, 0) is 37.0 Å². The Morgan fingerprint density at radius 3 is 2.47 bits per heavy atom. The molecule has 0 radical (unpaired) electrons.